The molecule has 3 heterocycles. The summed E-state index contributed by atoms with van der Waals surface area (Å²) >= 11 is 0. The molecule has 11 rings (SSSR count). The van der Waals surface area contributed by atoms with Crippen LogP contribution in [0.3, 0.4) is 0 Å². The van der Waals surface area contributed by atoms with Gasteiger partial charge < -0.3 is 4.57 Å². The first-order valence-electron chi connectivity index (χ1n) is 18.1. The van der Waals surface area contributed by atoms with E-state index in [1.54, 1.807) is 0 Å². The van der Waals surface area contributed by atoms with E-state index in [0.717, 1.165) is 44.8 Å². The third-order valence-corrected chi connectivity index (χ3v) is 10.8. The molecule has 53 heavy (non-hydrogen) atoms. The van der Waals surface area contributed by atoms with Crippen molar-refractivity contribution in [2.75, 3.05) is 0 Å². The van der Waals surface area contributed by atoms with Crippen molar-refractivity contribution < 1.29 is 0 Å². The van der Waals surface area contributed by atoms with Gasteiger partial charge in [-0.1, -0.05) is 140 Å². The van der Waals surface area contributed by atoms with Gasteiger partial charge in [0.2, 0.25) is 0 Å². The van der Waals surface area contributed by atoms with Crippen LogP contribution in [0.1, 0.15) is 0 Å². The van der Waals surface area contributed by atoms with Gasteiger partial charge in [-0.15, -0.1) is 0 Å². The van der Waals surface area contributed by atoms with Crippen LogP contribution in [-0.2, 0) is 0 Å². The minimum absolute atomic E-state index is 0.944. The summed E-state index contributed by atoms with van der Waals surface area (Å²) in [6.45, 7) is 0. The van der Waals surface area contributed by atoms with Gasteiger partial charge in [0.15, 0.2) is 0 Å². The largest absolute Gasteiger partial charge is 0.309 e. The molecule has 11 aromatic rings. The summed E-state index contributed by atoms with van der Waals surface area (Å²) in [5.41, 5.74) is 10.8. The third-order valence-electron chi connectivity index (χ3n) is 10.8. The summed E-state index contributed by atoms with van der Waals surface area (Å²) in [7, 11) is 0. The fraction of sp³-hybridized carbons (Fsp3) is 0. The Labute approximate surface area is 306 Å². The first-order valence-corrected chi connectivity index (χ1v) is 18.1. The maximum absolute atomic E-state index is 5.36. The number of para-hydroxylation sites is 3. The molecule has 0 radical (unpaired) electrons. The maximum Gasteiger partial charge on any atom is 0.0794 e. The van der Waals surface area contributed by atoms with Crippen LogP contribution in [0.4, 0.5) is 0 Å². The third kappa shape index (κ3) is 4.61. The molecule has 0 spiro atoms. The zero-order chi connectivity index (χ0) is 34.9. The summed E-state index contributed by atoms with van der Waals surface area (Å²) in [6.07, 6.45) is 1.99. The van der Waals surface area contributed by atoms with E-state index in [0.29, 0.717) is 0 Å². The molecule has 0 bridgehead atoms. The number of pyridine rings is 2. The van der Waals surface area contributed by atoms with E-state index in [2.05, 4.69) is 187 Å². The monoisotopic (exact) mass is 673 g/mol. The lowest BCUT2D eigenvalue weighted by molar-refractivity contribution is 1.18. The molecule has 8 aromatic carbocycles. The predicted molar refractivity (Wildman–Crippen MR) is 223 cm³/mol. The first kappa shape index (κ1) is 29.6. The number of fused-ring (bicyclic) bond motifs is 11. The van der Waals surface area contributed by atoms with Crippen LogP contribution < -0.4 is 0 Å². The summed E-state index contributed by atoms with van der Waals surface area (Å²) in [5, 5.41) is 11.1. The molecule has 3 heteroatoms. The molecule has 0 saturated carbocycles. The second-order valence-corrected chi connectivity index (χ2v) is 13.7. The quantitative estimate of drug-likeness (QED) is 0.174. The Morgan fingerprint density at radius 3 is 1.57 bits per heavy atom. The number of benzene rings is 8. The number of hydrogen-bond donors (Lipinski definition) is 0. The Kier molecular flexibility index (Phi) is 6.55. The molecule has 0 saturated heterocycles. The van der Waals surface area contributed by atoms with Gasteiger partial charge in [0.25, 0.3) is 0 Å². The van der Waals surface area contributed by atoms with Crippen molar-refractivity contribution in [2.24, 2.45) is 0 Å². The lowest BCUT2D eigenvalue weighted by atomic mass is 9.89. The van der Waals surface area contributed by atoms with E-state index < -0.39 is 0 Å². The molecule has 0 amide bonds. The van der Waals surface area contributed by atoms with Gasteiger partial charge >= 0.3 is 0 Å². The van der Waals surface area contributed by atoms with Crippen LogP contribution in [0, 0.1) is 0 Å². The molecule has 3 nitrogen and oxygen atoms in total. The van der Waals surface area contributed by atoms with Gasteiger partial charge in [0.05, 0.1) is 27.9 Å². The van der Waals surface area contributed by atoms with Crippen LogP contribution in [0.5, 0.6) is 0 Å². The van der Waals surface area contributed by atoms with Crippen molar-refractivity contribution >= 4 is 65.0 Å². The molecule has 0 aliphatic heterocycles. The van der Waals surface area contributed by atoms with Crippen molar-refractivity contribution in [3.05, 3.63) is 188 Å². The summed E-state index contributed by atoms with van der Waals surface area (Å²) in [4.78, 5) is 10.3. The van der Waals surface area contributed by atoms with Crippen molar-refractivity contribution in [1.29, 1.82) is 0 Å². The normalized spacial score (nSPS) is 11.8. The molecule has 0 fully saturated rings. The Morgan fingerprint density at radius 1 is 0.358 bits per heavy atom. The molecule has 0 unspecified atom stereocenters. The van der Waals surface area contributed by atoms with Crippen LogP contribution in [0.15, 0.2) is 188 Å². The van der Waals surface area contributed by atoms with Gasteiger partial charge in [-0.05, 0) is 69.6 Å². The molecular formula is C50H31N3. The fourth-order valence-electron chi connectivity index (χ4n) is 8.40. The number of nitrogens with zero attached hydrogens (tertiary/aromatic N) is 3. The second-order valence-electron chi connectivity index (χ2n) is 13.7. The van der Waals surface area contributed by atoms with E-state index in [-0.39, 0.29) is 0 Å². The molecular weight excluding hydrogens is 643 g/mol. The zero-order valence-electron chi connectivity index (χ0n) is 28.7. The van der Waals surface area contributed by atoms with E-state index >= 15 is 0 Å². The standard InChI is InChI=1S/C50H31N3/c1-3-18-41-37(14-1)38-15-2-4-19-42(38)49-48(41)43-20-5-8-21-45(43)52-50(49)34-13-11-12-33(30-34)35-26-29-44(51-31-35)32-24-27-36(28-25-32)53-46-22-9-6-16-39(46)40-17-7-10-23-47(40)53/h1-31H. The molecule has 0 aliphatic carbocycles. The van der Waals surface area contributed by atoms with Crippen LogP contribution >= 0.6 is 0 Å². The second kappa shape index (κ2) is 11.7. The maximum atomic E-state index is 5.36. The van der Waals surface area contributed by atoms with Gasteiger partial charge in [-0.25, -0.2) is 4.98 Å². The van der Waals surface area contributed by atoms with Crippen molar-refractivity contribution in [2.45, 2.75) is 0 Å². The highest BCUT2D eigenvalue weighted by Crippen LogP contribution is 2.43. The van der Waals surface area contributed by atoms with Crippen molar-refractivity contribution in [3.8, 4) is 39.3 Å². The van der Waals surface area contributed by atoms with Gasteiger partial charge in [0.1, 0.15) is 0 Å². The Balaban J connectivity index is 0.994. The van der Waals surface area contributed by atoms with E-state index in [1.165, 1.54) is 59.5 Å². The molecule has 246 valence electrons. The topological polar surface area (TPSA) is 30.7 Å². The van der Waals surface area contributed by atoms with Gasteiger partial charge in [0, 0.05) is 55.5 Å². The summed E-state index contributed by atoms with van der Waals surface area (Å²) in [6, 6.07) is 65.1. The predicted octanol–water partition coefficient (Wildman–Crippen LogP) is 13.2. The summed E-state index contributed by atoms with van der Waals surface area (Å²) in [5.74, 6) is 0. The molecule has 3 aromatic heterocycles. The first-order chi connectivity index (χ1) is 26.3. The summed E-state index contributed by atoms with van der Waals surface area (Å²) < 4.78 is 2.34. The highest BCUT2D eigenvalue weighted by atomic mass is 15.0. The molecule has 0 aliphatic rings. The van der Waals surface area contributed by atoms with Gasteiger partial charge in [-0.3, -0.25) is 4.98 Å². The minimum Gasteiger partial charge on any atom is -0.309 e. The molecule has 0 N–H and O–H groups in total. The Hall–Kier alpha value is -7.10. The zero-order valence-corrected chi connectivity index (χ0v) is 28.7. The highest BCUT2D eigenvalue weighted by molar-refractivity contribution is 6.33. The Morgan fingerprint density at radius 2 is 0.906 bits per heavy atom. The number of aromatic nitrogens is 3. The fourth-order valence-corrected chi connectivity index (χ4v) is 8.40. The lowest BCUT2D eigenvalue weighted by Crippen LogP contribution is -1.94. The average Bonchev–Trinajstić information content (AvgIpc) is 3.58. The van der Waals surface area contributed by atoms with E-state index in [9.17, 15) is 0 Å². The number of hydrogen-bond acceptors (Lipinski definition) is 2. The van der Waals surface area contributed by atoms with Crippen molar-refractivity contribution in [3.63, 3.8) is 0 Å². The Bertz CT molecular complexity index is 3160. The van der Waals surface area contributed by atoms with E-state index in [4.69, 9.17) is 9.97 Å². The lowest BCUT2D eigenvalue weighted by Gasteiger charge is -2.16. The van der Waals surface area contributed by atoms with Gasteiger partial charge in [-0.2, -0.15) is 0 Å². The van der Waals surface area contributed by atoms with Crippen LogP contribution in [0.2, 0.25) is 0 Å². The van der Waals surface area contributed by atoms with Crippen LogP contribution in [-0.4, -0.2) is 14.5 Å². The number of rotatable bonds is 4. The average molecular weight is 674 g/mol. The molecule has 0 atom stereocenters. The smallest absolute Gasteiger partial charge is 0.0794 e. The minimum atomic E-state index is 0.944. The highest BCUT2D eigenvalue weighted by Gasteiger charge is 2.18. The van der Waals surface area contributed by atoms with Crippen molar-refractivity contribution in [1.82, 2.24) is 14.5 Å². The van der Waals surface area contributed by atoms with E-state index in [1.807, 2.05) is 6.20 Å². The SMILES string of the molecule is c1cc(-c2ccc(-c3ccc(-n4c5ccccc5c5ccccc54)cc3)nc2)cc(-c2nc3ccccc3c3c4ccccc4c4ccccc4c23)c1. The van der Waals surface area contributed by atoms with Crippen LogP contribution in [0.25, 0.3) is 104 Å².